The molecule has 4 rings (SSSR count). The van der Waals surface area contributed by atoms with E-state index in [0.717, 1.165) is 29.0 Å². The number of pyridine rings is 1. The van der Waals surface area contributed by atoms with Crippen LogP contribution in [-0.4, -0.2) is 57.6 Å². The number of aromatic nitrogens is 1. The van der Waals surface area contributed by atoms with Crippen LogP contribution in [0, 0.1) is 34.6 Å². The molecule has 1 unspecified atom stereocenters. The van der Waals surface area contributed by atoms with Crippen LogP contribution in [0.2, 0.25) is 0 Å². The third-order valence-corrected chi connectivity index (χ3v) is 7.24. The Balaban J connectivity index is 2.01. The molecule has 0 radical (unpaired) electrons. The standard InChI is InChI=1S/C27H28F2N4O6/c1-4-30(5-2)26(35)16-7-6-10-31(13-16)24-15(3)23-18(12-22(24)33(38)39)25(34)19(27(36)37)14-32(23)21-9-8-17(28)11-20(21)29/h8-9,11-12,14,16H,4-7,10,13H2,1-3H3,(H,36,37). The number of nitro benzene ring substituents is 1. The van der Waals surface area contributed by atoms with Crippen molar-refractivity contribution < 1.29 is 28.4 Å². The fourth-order valence-electron chi connectivity index (χ4n) is 5.39. The number of nitro groups is 1. The Bertz CT molecular complexity index is 1550. The topological polar surface area (TPSA) is 126 Å². The number of hydrogen-bond acceptors (Lipinski definition) is 6. The number of carbonyl (C=O) groups excluding carboxylic acids is 1. The average molecular weight is 543 g/mol. The van der Waals surface area contributed by atoms with E-state index >= 15 is 0 Å². The molecule has 1 N–H and O–H groups in total. The van der Waals surface area contributed by atoms with Crippen LogP contribution in [0.3, 0.4) is 0 Å². The lowest BCUT2D eigenvalue weighted by Crippen LogP contribution is -2.45. The molecule has 1 atom stereocenters. The van der Waals surface area contributed by atoms with Crippen molar-refractivity contribution in [3.63, 3.8) is 0 Å². The van der Waals surface area contributed by atoms with Gasteiger partial charge in [-0.1, -0.05) is 0 Å². The Hall–Kier alpha value is -4.35. The highest BCUT2D eigenvalue weighted by atomic mass is 19.1. The van der Waals surface area contributed by atoms with Gasteiger partial charge < -0.3 is 19.5 Å². The first kappa shape index (κ1) is 27.7. The highest BCUT2D eigenvalue weighted by molar-refractivity contribution is 5.98. The van der Waals surface area contributed by atoms with Crippen LogP contribution >= 0.6 is 0 Å². The zero-order valence-corrected chi connectivity index (χ0v) is 21.7. The third kappa shape index (κ3) is 4.93. The van der Waals surface area contributed by atoms with Gasteiger partial charge in [0, 0.05) is 50.1 Å². The zero-order valence-electron chi connectivity index (χ0n) is 21.7. The zero-order chi connectivity index (χ0) is 28.6. The molecule has 1 aromatic heterocycles. The number of carboxylic acids is 1. The molecular formula is C27H28F2N4O6. The number of aromatic carboxylic acids is 1. The Morgan fingerprint density at radius 3 is 2.49 bits per heavy atom. The van der Waals surface area contributed by atoms with Gasteiger partial charge in [-0.2, -0.15) is 0 Å². The first-order valence-corrected chi connectivity index (χ1v) is 12.6. The van der Waals surface area contributed by atoms with Gasteiger partial charge in [-0.05, 0) is 45.7 Å². The number of nitrogens with zero attached hydrogens (tertiary/aromatic N) is 4. The van der Waals surface area contributed by atoms with Crippen LogP contribution in [0.4, 0.5) is 20.2 Å². The Labute approximate surface area is 222 Å². The van der Waals surface area contributed by atoms with Crippen molar-refractivity contribution in [3.8, 4) is 5.69 Å². The number of piperidine rings is 1. The van der Waals surface area contributed by atoms with Crippen molar-refractivity contribution in [2.75, 3.05) is 31.1 Å². The van der Waals surface area contributed by atoms with Crippen molar-refractivity contribution in [1.29, 1.82) is 0 Å². The number of halogens is 2. The number of amides is 1. The van der Waals surface area contributed by atoms with Gasteiger partial charge in [0.05, 0.1) is 27.4 Å². The monoisotopic (exact) mass is 542 g/mol. The highest BCUT2D eigenvalue weighted by Gasteiger charge is 2.34. The van der Waals surface area contributed by atoms with Crippen LogP contribution in [0.25, 0.3) is 16.6 Å². The minimum Gasteiger partial charge on any atom is -0.477 e. The molecule has 1 fully saturated rings. The summed E-state index contributed by atoms with van der Waals surface area (Å²) in [4.78, 5) is 53.1. The molecule has 3 aromatic rings. The molecule has 39 heavy (non-hydrogen) atoms. The molecule has 0 saturated carbocycles. The van der Waals surface area contributed by atoms with Gasteiger partial charge in [0.25, 0.3) is 5.69 Å². The van der Waals surface area contributed by atoms with Crippen LogP contribution in [-0.2, 0) is 4.79 Å². The molecular weight excluding hydrogens is 514 g/mol. The maximum atomic E-state index is 14.9. The second-order valence-corrected chi connectivity index (χ2v) is 9.46. The van der Waals surface area contributed by atoms with Crippen molar-refractivity contribution in [3.05, 3.63) is 73.6 Å². The molecule has 2 heterocycles. The van der Waals surface area contributed by atoms with Gasteiger partial charge in [0.1, 0.15) is 22.9 Å². The molecule has 206 valence electrons. The van der Waals surface area contributed by atoms with E-state index in [9.17, 15) is 38.4 Å². The number of fused-ring (bicyclic) bond motifs is 1. The van der Waals surface area contributed by atoms with Gasteiger partial charge in [0.2, 0.25) is 11.3 Å². The summed E-state index contributed by atoms with van der Waals surface area (Å²) in [7, 11) is 0. The van der Waals surface area contributed by atoms with E-state index in [1.165, 1.54) is 6.92 Å². The molecule has 2 aromatic carbocycles. The van der Waals surface area contributed by atoms with Crippen LogP contribution in [0.15, 0.2) is 35.3 Å². The SMILES string of the molecule is CCN(CC)C(=O)C1CCCN(c2c([N+](=O)[O-])cc3c(=O)c(C(=O)O)cn(-c4ccc(F)cc4F)c3c2C)C1. The van der Waals surface area contributed by atoms with Crippen LogP contribution in [0.5, 0.6) is 0 Å². The van der Waals surface area contributed by atoms with E-state index < -0.39 is 45.1 Å². The molecule has 0 aliphatic carbocycles. The second-order valence-electron chi connectivity index (χ2n) is 9.46. The first-order valence-electron chi connectivity index (χ1n) is 12.6. The number of hydrogen-bond donors (Lipinski definition) is 1. The Kier molecular flexibility index (Phi) is 7.66. The van der Waals surface area contributed by atoms with E-state index in [2.05, 4.69) is 0 Å². The maximum Gasteiger partial charge on any atom is 0.341 e. The molecule has 1 amide bonds. The Morgan fingerprint density at radius 1 is 1.21 bits per heavy atom. The van der Waals surface area contributed by atoms with Gasteiger partial charge in [-0.3, -0.25) is 19.7 Å². The van der Waals surface area contributed by atoms with E-state index in [-0.39, 0.29) is 40.3 Å². The molecule has 12 heteroatoms. The van der Waals surface area contributed by atoms with Gasteiger partial charge in [0.15, 0.2) is 0 Å². The summed E-state index contributed by atoms with van der Waals surface area (Å²) in [6, 6.07) is 3.70. The van der Waals surface area contributed by atoms with Crippen LogP contribution in [0.1, 0.15) is 42.6 Å². The van der Waals surface area contributed by atoms with Gasteiger partial charge >= 0.3 is 5.97 Å². The number of carbonyl (C=O) groups is 2. The maximum absolute atomic E-state index is 14.9. The van der Waals surface area contributed by atoms with E-state index in [1.807, 2.05) is 13.8 Å². The average Bonchev–Trinajstić information content (AvgIpc) is 2.89. The van der Waals surface area contributed by atoms with E-state index in [4.69, 9.17) is 0 Å². The summed E-state index contributed by atoms with van der Waals surface area (Å²) < 4.78 is 29.7. The fraction of sp³-hybridized carbons (Fsp3) is 0.370. The molecule has 10 nitrogen and oxygen atoms in total. The molecule has 1 saturated heterocycles. The summed E-state index contributed by atoms with van der Waals surface area (Å²) >= 11 is 0. The fourth-order valence-corrected chi connectivity index (χ4v) is 5.39. The Morgan fingerprint density at radius 2 is 1.90 bits per heavy atom. The molecule has 1 aliphatic heterocycles. The molecule has 0 spiro atoms. The highest BCUT2D eigenvalue weighted by Crippen LogP contribution is 2.40. The van der Waals surface area contributed by atoms with Gasteiger partial charge in [-0.25, -0.2) is 13.6 Å². The molecule has 0 bridgehead atoms. The van der Waals surface area contributed by atoms with E-state index in [0.29, 0.717) is 38.5 Å². The van der Waals surface area contributed by atoms with Crippen LogP contribution < -0.4 is 10.3 Å². The number of anilines is 1. The summed E-state index contributed by atoms with van der Waals surface area (Å²) in [5.41, 5.74) is -1.93. The minimum atomic E-state index is -1.60. The van der Waals surface area contributed by atoms with Gasteiger partial charge in [-0.15, -0.1) is 0 Å². The van der Waals surface area contributed by atoms with Crippen molar-refractivity contribution in [2.24, 2.45) is 5.92 Å². The quantitative estimate of drug-likeness (QED) is 0.349. The van der Waals surface area contributed by atoms with E-state index in [1.54, 1.807) is 9.80 Å². The summed E-state index contributed by atoms with van der Waals surface area (Å²) in [6.07, 6.45) is 2.14. The number of rotatable bonds is 7. The summed E-state index contributed by atoms with van der Waals surface area (Å²) in [5.74, 6) is -3.93. The lowest BCUT2D eigenvalue weighted by molar-refractivity contribution is -0.384. The lowest BCUT2D eigenvalue weighted by Gasteiger charge is -2.36. The first-order chi connectivity index (χ1) is 18.5. The third-order valence-electron chi connectivity index (χ3n) is 7.24. The predicted octanol–water partition coefficient (Wildman–Crippen LogP) is 4.27. The number of aryl methyl sites for hydroxylation is 1. The smallest absolute Gasteiger partial charge is 0.341 e. The lowest BCUT2D eigenvalue weighted by atomic mass is 9.94. The summed E-state index contributed by atoms with van der Waals surface area (Å²) in [5, 5.41) is 21.6. The number of carboxylic acid groups (broad SMARTS) is 1. The predicted molar refractivity (Wildman–Crippen MR) is 141 cm³/mol. The van der Waals surface area contributed by atoms with Crippen molar-refractivity contribution in [2.45, 2.75) is 33.6 Å². The minimum absolute atomic E-state index is 0.0494. The number of benzene rings is 2. The van der Waals surface area contributed by atoms with Crippen molar-refractivity contribution >= 4 is 34.2 Å². The molecule has 1 aliphatic rings. The largest absolute Gasteiger partial charge is 0.477 e. The van der Waals surface area contributed by atoms with Crippen molar-refractivity contribution in [1.82, 2.24) is 9.47 Å². The second kappa shape index (κ2) is 10.8. The summed E-state index contributed by atoms with van der Waals surface area (Å²) in [6.45, 7) is 6.94. The normalized spacial score (nSPS) is 15.4.